The van der Waals surface area contributed by atoms with Gasteiger partial charge in [-0.3, -0.25) is 4.79 Å². The summed E-state index contributed by atoms with van der Waals surface area (Å²) in [4.78, 5) is 17.3. The predicted octanol–water partition coefficient (Wildman–Crippen LogP) is 1.61. The zero-order chi connectivity index (χ0) is 16.3. The van der Waals surface area contributed by atoms with Crippen LogP contribution < -0.4 is 10.2 Å². The molecule has 0 aromatic heterocycles. The van der Waals surface area contributed by atoms with Crippen molar-refractivity contribution in [2.24, 2.45) is 5.41 Å². The zero-order valence-electron chi connectivity index (χ0n) is 13.6. The van der Waals surface area contributed by atoms with Crippen LogP contribution in [-0.4, -0.2) is 63.8 Å². The first-order valence-corrected chi connectivity index (χ1v) is 8.52. The van der Waals surface area contributed by atoms with Crippen molar-refractivity contribution < 1.29 is 9.53 Å². The first-order chi connectivity index (χ1) is 11.1. The van der Waals surface area contributed by atoms with E-state index in [0.717, 1.165) is 56.4 Å². The van der Waals surface area contributed by atoms with Crippen LogP contribution in [0.15, 0.2) is 24.3 Å². The van der Waals surface area contributed by atoms with Gasteiger partial charge in [0.05, 0.1) is 12.0 Å². The number of carbonyl (C=O) groups is 1. The van der Waals surface area contributed by atoms with E-state index in [1.165, 1.54) is 0 Å². The maximum atomic E-state index is 13.0. The third kappa shape index (κ3) is 3.47. The molecule has 1 aromatic rings. The number of benzene rings is 1. The fourth-order valence-corrected chi connectivity index (χ4v) is 3.67. The molecule has 1 atom stereocenters. The number of halogens is 1. The Morgan fingerprint density at radius 2 is 1.96 bits per heavy atom. The van der Waals surface area contributed by atoms with Gasteiger partial charge in [-0.1, -0.05) is 11.6 Å². The van der Waals surface area contributed by atoms with Crippen LogP contribution in [0.25, 0.3) is 0 Å². The number of carbonyl (C=O) groups excluding carboxylic acids is 1. The highest BCUT2D eigenvalue weighted by Crippen LogP contribution is 2.29. The Bertz CT molecular complexity index is 535. The van der Waals surface area contributed by atoms with E-state index in [1.54, 1.807) is 7.11 Å². The molecule has 3 rings (SSSR count). The van der Waals surface area contributed by atoms with Crippen LogP contribution in [0.1, 0.15) is 6.42 Å². The number of rotatable bonds is 4. The summed E-state index contributed by atoms with van der Waals surface area (Å²) in [5.74, 6) is 0.236. The summed E-state index contributed by atoms with van der Waals surface area (Å²) in [6.45, 7) is 5.32. The first kappa shape index (κ1) is 16.6. The Morgan fingerprint density at radius 1 is 1.26 bits per heavy atom. The van der Waals surface area contributed by atoms with Gasteiger partial charge in [0.25, 0.3) is 0 Å². The number of methoxy groups -OCH3 is 1. The molecule has 23 heavy (non-hydrogen) atoms. The second kappa shape index (κ2) is 7.07. The molecule has 0 saturated carbocycles. The number of hydrogen-bond acceptors (Lipinski definition) is 4. The molecular weight excluding hydrogens is 314 g/mol. The lowest BCUT2D eigenvalue weighted by Crippen LogP contribution is -2.55. The summed E-state index contributed by atoms with van der Waals surface area (Å²) in [7, 11) is 1.67. The molecule has 2 saturated heterocycles. The van der Waals surface area contributed by atoms with Gasteiger partial charge in [0.2, 0.25) is 5.91 Å². The second-order valence-electron chi connectivity index (χ2n) is 6.40. The molecule has 0 spiro atoms. The van der Waals surface area contributed by atoms with Crippen LogP contribution >= 0.6 is 11.6 Å². The van der Waals surface area contributed by atoms with Crippen LogP contribution in [0.2, 0.25) is 5.02 Å². The summed E-state index contributed by atoms with van der Waals surface area (Å²) < 4.78 is 5.33. The molecule has 2 aliphatic heterocycles. The van der Waals surface area contributed by atoms with E-state index in [9.17, 15) is 4.79 Å². The lowest BCUT2D eigenvalue weighted by Gasteiger charge is -2.40. The van der Waals surface area contributed by atoms with Crippen LogP contribution in [0.5, 0.6) is 0 Å². The Kier molecular flexibility index (Phi) is 5.09. The topological polar surface area (TPSA) is 44.8 Å². The van der Waals surface area contributed by atoms with Crippen LogP contribution in [-0.2, 0) is 9.53 Å². The minimum atomic E-state index is -0.378. The van der Waals surface area contributed by atoms with Gasteiger partial charge in [-0.25, -0.2) is 0 Å². The summed E-state index contributed by atoms with van der Waals surface area (Å²) in [5, 5.41) is 4.06. The molecule has 2 aliphatic rings. The number of ether oxygens (including phenoxy) is 1. The van der Waals surface area contributed by atoms with Crippen molar-refractivity contribution in [2.75, 3.05) is 57.9 Å². The molecule has 6 heteroatoms. The summed E-state index contributed by atoms with van der Waals surface area (Å²) in [6, 6.07) is 7.89. The van der Waals surface area contributed by atoms with E-state index in [2.05, 4.69) is 10.2 Å². The average molecular weight is 338 g/mol. The minimum Gasteiger partial charge on any atom is -0.384 e. The van der Waals surface area contributed by atoms with Gasteiger partial charge in [0.15, 0.2) is 0 Å². The molecule has 2 heterocycles. The largest absolute Gasteiger partial charge is 0.384 e. The highest BCUT2D eigenvalue weighted by atomic mass is 35.5. The second-order valence-corrected chi connectivity index (χ2v) is 6.83. The highest BCUT2D eigenvalue weighted by Gasteiger charge is 2.44. The molecule has 0 bridgehead atoms. The molecule has 1 amide bonds. The van der Waals surface area contributed by atoms with E-state index in [0.29, 0.717) is 6.61 Å². The number of anilines is 1. The van der Waals surface area contributed by atoms with E-state index < -0.39 is 0 Å². The van der Waals surface area contributed by atoms with Gasteiger partial charge in [0.1, 0.15) is 0 Å². The quantitative estimate of drug-likeness (QED) is 0.906. The normalized spacial score (nSPS) is 25.0. The van der Waals surface area contributed by atoms with E-state index in [-0.39, 0.29) is 11.3 Å². The number of nitrogens with one attached hydrogen (secondary N) is 1. The van der Waals surface area contributed by atoms with Crippen molar-refractivity contribution in [3.8, 4) is 0 Å². The van der Waals surface area contributed by atoms with E-state index in [4.69, 9.17) is 16.3 Å². The molecule has 126 valence electrons. The molecule has 1 aromatic carbocycles. The average Bonchev–Trinajstić information content (AvgIpc) is 3.05. The van der Waals surface area contributed by atoms with Gasteiger partial charge < -0.3 is 19.9 Å². The van der Waals surface area contributed by atoms with Crippen molar-refractivity contribution in [3.05, 3.63) is 29.3 Å². The van der Waals surface area contributed by atoms with Crippen molar-refractivity contribution in [3.63, 3.8) is 0 Å². The highest BCUT2D eigenvalue weighted by molar-refractivity contribution is 6.30. The van der Waals surface area contributed by atoms with Gasteiger partial charge >= 0.3 is 0 Å². The van der Waals surface area contributed by atoms with Crippen LogP contribution in [0.4, 0.5) is 5.69 Å². The van der Waals surface area contributed by atoms with Gasteiger partial charge in [-0.2, -0.15) is 0 Å². The Morgan fingerprint density at radius 3 is 2.52 bits per heavy atom. The maximum Gasteiger partial charge on any atom is 0.232 e. The fraction of sp³-hybridized carbons (Fsp3) is 0.588. The summed E-state index contributed by atoms with van der Waals surface area (Å²) in [5.41, 5.74) is 0.785. The molecule has 0 aliphatic carbocycles. The molecule has 5 nitrogen and oxygen atoms in total. The standard InChI is InChI=1S/C17H24ClN3O2/c1-23-13-17(6-7-19-12-17)16(22)21-10-8-20(9-11-21)15-4-2-14(18)3-5-15/h2-5,19H,6-13H2,1H3. The summed E-state index contributed by atoms with van der Waals surface area (Å²) in [6.07, 6.45) is 0.858. The van der Waals surface area contributed by atoms with Gasteiger partial charge in [-0.05, 0) is 37.2 Å². The van der Waals surface area contributed by atoms with Crippen LogP contribution in [0.3, 0.4) is 0 Å². The lowest BCUT2D eigenvalue weighted by atomic mass is 9.86. The Hall–Kier alpha value is -1.30. The maximum absolute atomic E-state index is 13.0. The molecule has 1 N–H and O–H groups in total. The predicted molar refractivity (Wildman–Crippen MR) is 92.0 cm³/mol. The third-order valence-corrected chi connectivity index (χ3v) is 5.13. The minimum absolute atomic E-state index is 0.236. The number of hydrogen-bond donors (Lipinski definition) is 1. The molecule has 2 fully saturated rings. The number of amides is 1. The number of piperazine rings is 1. The van der Waals surface area contributed by atoms with E-state index >= 15 is 0 Å². The van der Waals surface area contributed by atoms with Gasteiger partial charge in [-0.15, -0.1) is 0 Å². The van der Waals surface area contributed by atoms with Crippen molar-refractivity contribution in [1.29, 1.82) is 0 Å². The monoisotopic (exact) mass is 337 g/mol. The Labute approximate surface area is 142 Å². The molecular formula is C17H24ClN3O2. The van der Waals surface area contributed by atoms with Crippen molar-refractivity contribution in [2.45, 2.75) is 6.42 Å². The number of nitrogens with zero attached hydrogens (tertiary/aromatic N) is 2. The van der Waals surface area contributed by atoms with Gasteiger partial charge in [0, 0.05) is 50.5 Å². The molecule has 1 unspecified atom stereocenters. The smallest absolute Gasteiger partial charge is 0.232 e. The summed E-state index contributed by atoms with van der Waals surface area (Å²) >= 11 is 5.94. The Balaban J connectivity index is 1.62. The zero-order valence-corrected chi connectivity index (χ0v) is 14.3. The fourth-order valence-electron chi connectivity index (χ4n) is 3.54. The molecule has 0 radical (unpaired) electrons. The van der Waals surface area contributed by atoms with Crippen LogP contribution in [0, 0.1) is 5.41 Å². The van der Waals surface area contributed by atoms with E-state index in [1.807, 2.05) is 29.2 Å². The van der Waals surface area contributed by atoms with Crippen molar-refractivity contribution in [1.82, 2.24) is 10.2 Å². The third-order valence-electron chi connectivity index (χ3n) is 4.88. The SMILES string of the molecule is COCC1(C(=O)N2CCN(c3ccc(Cl)cc3)CC2)CCNC1. The lowest BCUT2D eigenvalue weighted by molar-refractivity contribution is -0.144. The van der Waals surface area contributed by atoms with Crippen molar-refractivity contribution >= 4 is 23.2 Å². The first-order valence-electron chi connectivity index (χ1n) is 8.14.